The van der Waals surface area contributed by atoms with Crippen LogP contribution in [0.1, 0.15) is 91.3 Å². The number of ether oxygens (including phenoxy) is 2. The molecule has 3 aromatic heterocycles. The van der Waals surface area contributed by atoms with E-state index in [4.69, 9.17) is 9.47 Å². The minimum atomic E-state index is -0.763. The number of piperidine rings is 1. The summed E-state index contributed by atoms with van der Waals surface area (Å²) in [6, 6.07) is 14.5. The first-order chi connectivity index (χ1) is 36.1. The van der Waals surface area contributed by atoms with Crippen molar-refractivity contribution in [3.05, 3.63) is 100 Å². The number of hydrogen-bond acceptors (Lipinski definition) is 14. The molecule has 0 aliphatic carbocycles. The molecule has 2 aliphatic heterocycles. The summed E-state index contributed by atoms with van der Waals surface area (Å²) < 4.78 is 29.0. The molecule has 0 unspecified atom stereocenters. The van der Waals surface area contributed by atoms with Crippen molar-refractivity contribution in [1.29, 1.82) is 0 Å². The Morgan fingerprint density at radius 2 is 1.64 bits per heavy atom. The maximum absolute atomic E-state index is 14.2. The van der Waals surface area contributed by atoms with Gasteiger partial charge in [-0.05, 0) is 124 Å². The summed E-state index contributed by atoms with van der Waals surface area (Å²) in [5.74, 6) is 0.0546. The van der Waals surface area contributed by atoms with Gasteiger partial charge in [0.1, 0.15) is 30.5 Å². The fourth-order valence-corrected chi connectivity index (χ4v) is 11.3. The Labute approximate surface area is 442 Å². The predicted octanol–water partition coefficient (Wildman–Crippen LogP) is 9.95. The number of fused-ring (bicyclic) bond motifs is 2. The third-order valence-corrected chi connectivity index (χ3v) is 16.3. The van der Waals surface area contributed by atoms with Crippen LogP contribution in [0.25, 0.3) is 39.6 Å². The number of rotatable bonds is 20. The molecule has 0 radical (unpaired) electrons. The second kappa shape index (κ2) is 24.1. The van der Waals surface area contributed by atoms with Gasteiger partial charge in [-0.3, -0.25) is 9.59 Å². The predicted molar refractivity (Wildman–Crippen MR) is 290 cm³/mol. The average Bonchev–Trinajstić information content (AvgIpc) is 4.14. The number of aromatic hydroxyl groups is 3. The third kappa shape index (κ3) is 12.3. The lowest BCUT2D eigenvalue weighted by Crippen LogP contribution is -2.43. The zero-order valence-electron chi connectivity index (χ0n) is 43.0. The van der Waals surface area contributed by atoms with Crippen LogP contribution in [0, 0.1) is 25.6 Å². The molecule has 75 heavy (non-hydrogen) atoms. The summed E-state index contributed by atoms with van der Waals surface area (Å²) in [5, 5.41) is 43.6. The molecule has 5 heterocycles. The molecular weight excluding hydrogens is 1000 g/mol. The molecule has 18 nitrogen and oxygen atoms in total. The number of likely N-dealkylation sites (tertiary alicyclic amines) is 1. The Morgan fingerprint density at radius 3 is 2.36 bits per heavy atom. The zero-order valence-corrected chi connectivity index (χ0v) is 44.7. The fourth-order valence-electron chi connectivity index (χ4n) is 9.66. The van der Waals surface area contributed by atoms with Crippen LogP contribution in [0.5, 0.6) is 17.5 Å². The van der Waals surface area contributed by atoms with E-state index in [2.05, 4.69) is 30.0 Å². The second-order valence-electron chi connectivity index (χ2n) is 18.9. The fraction of sp³-hybridized carbons (Fsp3) is 0.407. The highest BCUT2D eigenvalue weighted by molar-refractivity contribution is 8.76. The van der Waals surface area contributed by atoms with Gasteiger partial charge in [0.2, 0.25) is 0 Å². The number of phenolic OH excluding ortho intramolecular Hbond substituents is 2. The van der Waals surface area contributed by atoms with Crippen LogP contribution < -0.4 is 5.32 Å². The van der Waals surface area contributed by atoms with Crippen LogP contribution in [0.4, 0.5) is 19.7 Å². The second-order valence-corrected chi connectivity index (χ2v) is 21.6. The molecule has 5 N–H and O–H groups in total. The maximum atomic E-state index is 14.2. The van der Waals surface area contributed by atoms with E-state index >= 15 is 0 Å². The van der Waals surface area contributed by atoms with Gasteiger partial charge in [-0.15, -0.1) is 5.10 Å². The lowest BCUT2D eigenvalue weighted by Gasteiger charge is -2.31. The number of anilines is 1. The van der Waals surface area contributed by atoms with Crippen LogP contribution in [0.2, 0.25) is 0 Å². The standard InChI is InChI=1S/C54H64FN9O9S2/c1-7-60(8-2)21-22-63(51(68)48-33(5)44(56-34(48)6)30-41-40-28-37(55)9-11-43(40)57-50(41)67)54(71)73-24-26-75-74-25-23-72-53(70)62-18-14-35(15-19-62)13-17-61-20-16-36-27-38(10-12-45(36)61)64-49(58-59-52(64)69)42-29-39(32(3)4)46(65)31-47(42)66/h9-12,16,20,27-32,35,56,65-66H,7-8,13-15,17-19,21-26H2,1-6H3,(H,57,67)(H,59,69)/b41-30-. The molecule has 4 amide bonds. The molecule has 0 saturated carbocycles. The molecule has 8 rings (SSSR count). The summed E-state index contributed by atoms with van der Waals surface area (Å²) in [6.07, 6.45) is 5.20. The molecule has 1 fully saturated rings. The van der Waals surface area contributed by atoms with Crippen molar-refractivity contribution in [1.82, 2.24) is 39.0 Å². The number of carbonyl (C=O) groups excluding carboxylic acids is 4. The van der Waals surface area contributed by atoms with Crippen LogP contribution in [-0.2, 0) is 20.8 Å². The van der Waals surface area contributed by atoms with Crippen molar-refractivity contribution in [2.75, 3.05) is 69.3 Å². The number of amides is 4. The number of carbonyl (C=O) groups is 4. The first kappa shape index (κ1) is 54.3. The van der Waals surface area contributed by atoms with Gasteiger partial charge in [0.25, 0.3) is 11.8 Å². The molecule has 1 saturated heterocycles. The third-order valence-electron chi connectivity index (χ3n) is 13.9. The first-order valence-corrected chi connectivity index (χ1v) is 27.7. The van der Waals surface area contributed by atoms with Gasteiger partial charge in [0, 0.05) is 90.0 Å². The lowest BCUT2D eigenvalue weighted by atomic mass is 9.94. The van der Waals surface area contributed by atoms with Crippen LogP contribution >= 0.6 is 21.6 Å². The summed E-state index contributed by atoms with van der Waals surface area (Å²) in [6.45, 7) is 15.7. The minimum absolute atomic E-state index is 0.0159. The van der Waals surface area contributed by atoms with Crippen molar-refractivity contribution in [3.63, 3.8) is 0 Å². The summed E-state index contributed by atoms with van der Waals surface area (Å²) in [4.78, 5) is 61.7. The Bertz CT molecular complexity index is 3100. The highest BCUT2D eigenvalue weighted by atomic mass is 33.1. The van der Waals surface area contributed by atoms with Gasteiger partial charge in [0.05, 0.1) is 22.4 Å². The van der Waals surface area contributed by atoms with Crippen LogP contribution in [-0.4, -0.2) is 142 Å². The van der Waals surface area contributed by atoms with Crippen LogP contribution in [0.3, 0.4) is 0 Å². The number of aryl methyl sites for hydroxylation is 2. The van der Waals surface area contributed by atoms with Gasteiger partial charge in [-0.1, -0.05) is 54.4 Å². The number of aromatic nitrogens is 5. The quantitative estimate of drug-likeness (QED) is 0.0273. The average molecular weight is 1070 g/mol. The number of imide groups is 1. The molecule has 21 heteroatoms. The Balaban J connectivity index is 0.758. The smallest absolute Gasteiger partial charge is 0.416 e. The number of nitrogens with one attached hydrogen (secondary N) is 2. The topological polar surface area (TPSA) is 221 Å². The zero-order chi connectivity index (χ0) is 53.5. The Hall–Kier alpha value is -6.97. The van der Waals surface area contributed by atoms with Gasteiger partial charge in [-0.2, -0.15) is 0 Å². The summed E-state index contributed by atoms with van der Waals surface area (Å²) in [7, 11) is 2.97. The highest BCUT2D eigenvalue weighted by Gasteiger charge is 2.31. The summed E-state index contributed by atoms with van der Waals surface area (Å²) >= 11 is 0. The monoisotopic (exact) mass is 1070 g/mol. The normalized spacial score (nSPS) is 14.3. The molecule has 0 spiro atoms. The molecule has 0 bridgehead atoms. The van der Waals surface area contributed by atoms with Gasteiger partial charge in [-0.25, -0.2) is 23.4 Å². The van der Waals surface area contributed by atoms with E-state index in [0.29, 0.717) is 87.6 Å². The van der Waals surface area contributed by atoms with E-state index in [1.807, 2.05) is 58.2 Å². The maximum Gasteiger partial charge on any atom is 0.416 e. The number of H-pyrrole nitrogens is 1. The molecule has 398 valence electrons. The molecule has 0 atom stereocenters. The van der Waals surface area contributed by atoms with Crippen molar-refractivity contribution in [2.45, 2.75) is 73.3 Å². The SMILES string of the molecule is CCN(CC)CCN(C(=O)OCCSSCCOC(=O)N1CCC(CCn2ccc3cc(-n4c(O)nnc4-c4cc(C(C)C)c(O)cc4O)ccc32)CC1)C(=O)c1c(C)[nH]c(/C=C2\C(=O)Nc3ccc(F)cc32)c1C. The van der Waals surface area contributed by atoms with Crippen molar-refractivity contribution in [2.24, 2.45) is 5.92 Å². The number of halogens is 1. The van der Waals surface area contributed by atoms with E-state index in [1.165, 1.54) is 50.4 Å². The molecule has 3 aromatic carbocycles. The minimum Gasteiger partial charge on any atom is -0.508 e. The van der Waals surface area contributed by atoms with E-state index < -0.39 is 17.8 Å². The first-order valence-electron chi connectivity index (χ1n) is 25.3. The van der Waals surface area contributed by atoms with Gasteiger partial charge >= 0.3 is 18.2 Å². The van der Waals surface area contributed by atoms with Gasteiger partial charge in [0.15, 0.2) is 5.82 Å². The van der Waals surface area contributed by atoms with Crippen molar-refractivity contribution < 1.29 is 48.4 Å². The number of hydrogen-bond donors (Lipinski definition) is 5. The Morgan fingerprint density at radius 1 is 0.907 bits per heavy atom. The van der Waals surface area contributed by atoms with E-state index in [-0.39, 0.29) is 66.6 Å². The number of aromatic amines is 1. The van der Waals surface area contributed by atoms with Crippen molar-refractivity contribution >= 4 is 73.8 Å². The van der Waals surface area contributed by atoms with E-state index in [9.17, 15) is 38.9 Å². The number of nitrogens with zero attached hydrogens (tertiary/aromatic N) is 7. The summed E-state index contributed by atoms with van der Waals surface area (Å²) in [5.41, 5.74) is 5.62. The largest absolute Gasteiger partial charge is 0.508 e. The molecule has 6 aromatic rings. The van der Waals surface area contributed by atoms with E-state index in [0.717, 1.165) is 54.7 Å². The van der Waals surface area contributed by atoms with Crippen molar-refractivity contribution in [3.8, 4) is 34.6 Å². The Kier molecular flexibility index (Phi) is 17.5. The van der Waals surface area contributed by atoms with E-state index in [1.54, 1.807) is 30.9 Å². The molecule has 2 aliphatic rings. The van der Waals surface area contributed by atoms with Crippen LogP contribution in [0.15, 0.2) is 60.8 Å². The lowest BCUT2D eigenvalue weighted by molar-refractivity contribution is -0.110. The number of phenols is 2. The van der Waals surface area contributed by atoms with Gasteiger partial charge < -0.3 is 49.5 Å². The highest BCUT2D eigenvalue weighted by Crippen LogP contribution is 2.40. The number of benzene rings is 3. The number of likely N-dealkylation sites (N-methyl/N-ethyl adjacent to an activating group) is 1. The molecular formula is C54H64FN9O9S2.